The molecule has 2 aromatic heterocycles. The highest BCUT2D eigenvalue weighted by Crippen LogP contribution is 2.38. The first-order chi connectivity index (χ1) is 14.3. The molecule has 3 rings (SSSR count). The van der Waals surface area contributed by atoms with Crippen molar-refractivity contribution in [3.8, 4) is 17.1 Å². The average Bonchev–Trinajstić information content (AvgIpc) is 2.73. The average molecular weight is 419 g/mol. The summed E-state index contributed by atoms with van der Waals surface area (Å²) >= 11 is 0. The van der Waals surface area contributed by atoms with Crippen molar-refractivity contribution in [3.63, 3.8) is 0 Å². The monoisotopic (exact) mass is 419 g/mol. The van der Waals surface area contributed by atoms with Crippen molar-refractivity contribution in [2.75, 3.05) is 24.4 Å². The number of benzene rings is 1. The number of nitrogens with one attached hydrogen (secondary N) is 2. The molecule has 3 aromatic rings. The summed E-state index contributed by atoms with van der Waals surface area (Å²) in [5.41, 5.74) is 0.301. The third-order valence-corrected chi connectivity index (χ3v) is 4.08. The predicted molar refractivity (Wildman–Crippen MR) is 107 cm³/mol. The third-order valence-electron chi connectivity index (χ3n) is 4.08. The Hall–Kier alpha value is -3.40. The van der Waals surface area contributed by atoms with E-state index in [4.69, 9.17) is 4.74 Å². The third kappa shape index (κ3) is 5.15. The second-order valence-electron chi connectivity index (χ2n) is 6.44. The summed E-state index contributed by atoms with van der Waals surface area (Å²) in [5.74, 6) is 0.187. The molecule has 0 amide bonds. The van der Waals surface area contributed by atoms with Gasteiger partial charge in [0.15, 0.2) is 0 Å². The van der Waals surface area contributed by atoms with E-state index < -0.39 is 11.7 Å². The second-order valence-corrected chi connectivity index (χ2v) is 6.44. The molecular weight excluding hydrogens is 399 g/mol. The van der Waals surface area contributed by atoms with Gasteiger partial charge in [0.25, 0.3) is 0 Å². The molecule has 1 aromatic carbocycles. The molecule has 0 fully saturated rings. The van der Waals surface area contributed by atoms with E-state index in [2.05, 4.69) is 25.6 Å². The SMILES string of the molecule is COc1ccc(Nc2cc(-c3ccccn3)nc(N[C@@H](C)CO)n2)cc1C(F)(F)F. The zero-order valence-corrected chi connectivity index (χ0v) is 16.2. The van der Waals surface area contributed by atoms with Crippen LogP contribution in [0, 0.1) is 0 Å². The van der Waals surface area contributed by atoms with E-state index in [1.54, 1.807) is 37.4 Å². The maximum absolute atomic E-state index is 13.3. The fraction of sp³-hybridized carbons (Fsp3) is 0.250. The van der Waals surface area contributed by atoms with Gasteiger partial charge in [-0.15, -0.1) is 0 Å². The van der Waals surface area contributed by atoms with Crippen molar-refractivity contribution >= 4 is 17.5 Å². The maximum atomic E-state index is 13.3. The fourth-order valence-electron chi connectivity index (χ4n) is 2.64. The summed E-state index contributed by atoms with van der Waals surface area (Å²) in [6, 6.07) is 10.2. The predicted octanol–water partition coefficient (Wildman–Crippen LogP) is 4.10. The molecule has 0 spiro atoms. The Bertz CT molecular complexity index is 999. The van der Waals surface area contributed by atoms with Crippen molar-refractivity contribution in [2.24, 2.45) is 0 Å². The number of alkyl halides is 3. The lowest BCUT2D eigenvalue weighted by Gasteiger charge is -2.16. The number of methoxy groups -OCH3 is 1. The van der Waals surface area contributed by atoms with Crippen LogP contribution >= 0.6 is 0 Å². The molecule has 1 atom stereocenters. The van der Waals surface area contributed by atoms with Crippen LogP contribution in [0.25, 0.3) is 11.4 Å². The minimum atomic E-state index is -4.57. The van der Waals surface area contributed by atoms with Gasteiger partial charge in [0.05, 0.1) is 30.7 Å². The minimum absolute atomic E-state index is 0.145. The Balaban J connectivity index is 2.00. The van der Waals surface area contributed by atoms with Crippen LogP contribution in [0.4, 0.5) is 30.6 Å². The van der Waals surface area contributed by atoms with Crippen molar-refractivity contribution in [2.45, 2.75) is 19.1 Å². The van der Waals surface area contributed by atoms with Gasteiger partial charge >= 0.3 is 6.18 Å². The summed E-state index contributed by atoms with van der Waals surface area (Å²) in [7, 11) is 1.18. The fourth-order valence-corrected chi connectivity index (χ4v) is 2.64. The van der Waals surface area contributed by atoms with Gasteiger partial charge in [0, 0.05) is 24.0 Å². The summed E-state index contributed by atoms with van der Waals surface area (Å²) < 4.78 is 44.7. The normalized spacial score (nSPS) is 12.3. The number of ether oxygens (including phenoxy) is 1. The van der Waals surface area contributed by atoms with Crippen LogP contribution in [0.1, 0.15) is 12.5 Å². The number of pyridine rings is 1. The molecule has 30 heavy (non-hydrogen) atoms. The molecule has 0 aliphatic rings. The van der Waals surface area contributed by atoms with Gasteiger partial charge in [-0.1, -0.05) is 6.07 Å². The highest BCUT2D eigenvalue weighted by Gasteiger charge is 2.34. The number of halogens is 3. The number of anilines is 3. The molecule has 0 aliphatic heterocycles. The molecule has 158 valence electrons. The van der Waals surface area contributed by atoms with Gasteiger partial charge in [0.1, 0.15) is 11.6 Å². The molecule has 10 heteroatoms. The first-order valence-electron chi connectivity index (χ1n) is 9.00. The molecular formula is C20H20F3N5O2. The Morgan fingerprint density at radius 2 is 1.90 bits per heavy atom. The van der Waals surface area contributed by atoms with Gasteiger partial charge in [-0.2, -0.15) is 18.2 Å². The summed E-state index contributed by atoms with van der Waals surface area (Å²) in [6.07, 6.45) is -2.97. The highest BCUT2D eigenvalue weighted by atomic mass is 19.4. The van der Waals surface area contributed by atoms with Gasteiger partial charge in [0.2, 0.25) is 5.95 Å². The summed E-state index contributed by atoms with van der Waals surface area (Å²) in [4.78, 5) is 12.9. The van der Waals surface area contributed by atoms with Gasteiger partial charge in [-0.3, -0.25) is 4.98 Å². The van der Waals surface area contributed by atoms with Crippen LogP contribution in [0.3, 0.4) is 0 Å². The Kier molecular flexibility index (Phi) is 6.36. The van der Waals surface area contributed by atoms with Crippen molar-refractivity contribution in [1.82, 2.24) is 15.0 Å². The highest BCUT2D eigenvalue weighted by molar-refractivity contribution is 5.66. The number of aliphatic hydroxyl groups is 1. The van der Waals surface area contributed by atoms with E-state index in [9.17, 15) is 18.3 Å². The van der Waals surface area contributed by atoms with Crippen LogP contribution in [0.5, 0.6) is 5.75 Å². The molecule has 0 saturated carbocycles. The molecule has 7 nitrogen and oxygen atoms in total. The lowest BCUT2D eigenvalue weighted by molar-refractivity contribution is -0.138. The topological polar surface area (TPSA) is 92.2 Å². The molecule has 0 unspecified atom stereocenters. The molecule has 2 heterocycles. The van der Waals surface area contributed by atoms with Crippen molar-refractivity contribution < 1.29 is 23.0 Å². The maximum Gasteiger partial charge on any atom is 0.420 e. The van der Waals surface area contributed by atoms with Crippen molar-refractivity contribution in [3.05, 3.63) is 54.2 Å². The standard InChI is InChI=1S/C20H20F3N5O2/c1-12(11-29)25-19-27-16(15-5-3-4-8-24-15)10-18(28-19)26-13-6-7-17(30-2)14(9-13)20(21,22)23/h3-10,12,29H,11H2,1-2H3,(H2,25,26,27,28)/t12-/m0/s1. The second kappa shape index (κ2) is 8.95. The molecule has 0 aliphatic carbocycles. The van der Waals surface area contributed by atoms with Gasteiger partial charge < -0.3 is 20.5 Å². The zero-order chi connectivity index (χ0) is 21.7. The van der Waals surface area contributed by atoms with E-state index in [1.165, 1.54) is 19.2 Å². The van der Waals surface area contributed by atoms with E-state index in [0.717, 1.165) is 6.07 Å². The minimum Gasteiger partial charge on any atom is -0.496 e. The van der Waals surface area contributed by atoms with E-state index >= 15 is 0 Å². The van der Waals surface area contributed by atoms with Gasteiger partial charge in [-0.25, -0.2) is 4.98 Å². The van der Waals surface area contributed by atoms with Crippen molar-refractivity contribution in [1.29, 1.82) is 0 Å². The number of aromatic nitrogens is 3. The number of rotatable bonds is 7. The van der Waals surface area contributed by atoms with Crippen LogP contribution in [-0.4, -0.2) is 39.8 Å². The van der Waals surface area contributed by atoms with Crippen LogP contribution in [-0.2, 0) is 6.18 Å². The quantitative estimate of drug-likeness (QED) is 0.531. The number of hydrogen-bond donors (Lipinski definition) is 3. The number of aliphatic hydroxyl groups excluding tert-OH is 1. The van der Waals surface area contributed by atoms with Crippen LogP contribution < -0.4 is 15.4 Å². The Morgan fingerprint density at radius 1 is 1.10 bits per heavy atom. The number of hydrogen-bond acceptors (Lipinski definition) is 7. The van der Waals surface area contributed by atoms with Gasteiger partial charge in [-0.05, 0) is 37.3 Å². The van der Waals surface area contributed by atoms with E-state index in [-0.39, 0.29) is 35.9 Å². The lowest BCUT2D eigenvalue weighted by Crippen LogP contribution is -2.21. The molecule has 0 saturated heterocycles. The Labute approximate surface area is 171 Å². The first kappa shape index (κ1) is 21.3. The Morgan fingerprint density at radius 3 is 2.53 bits per heavy atom. The summed E-state index contributed by atoms with van der Waals surface area (Å²) in [5, 5.41) is 15.1. The molecule has 0 radical (unpaired) electrons. The van der Waals surface area contributed by atoms with E-state index in [1.807, 2.05) is 0 Å². The molecule has 3 N–H and O–H groups in total. The smallest absolute Gasteiger partial charge is 0.420 e. The van der Waals surface area contributed by atoms with E-state index in [0.29, 0.717) is 11.4 Å². The first-order valence-corrected chi connectivity index (χ1v) is 9.00. The lowest BCUT2D eigenvalue weighted by atomic mass is 10.1. The van der Waals surface area contributed by atoms with Crippen LogP contribution in [0.15, 0.2) is 48.7 Å². The van der Waals surface area contributed by atoms with Crippen LogP contribution in [0.2, 0.25) is 0 Å². The summed E-state index contributed by atoms with van der Waals surface area (Å²) in [6.45, 7) is 1.59. The zero-order valence-electron chi connectivity index (χ0n) is 16.2. The molecule has 0 bridgehead atoms. The largest absolute Gasteiger partial charge is 0.496 e. The number of nitrogens with zero attached hydrogens (tertiary/aromatic N) is 3.